The van der Waals surface area contributed by atoms with E-state index in [4.69, 9.17) is 14.6 Å². The topological polar surface area (TPSA) is 110 Å². The Morgan fingerprint density at radius 2 is 1.93 bits per heavy atom. The summed E-state index contributed by atoms with van der Waals surface area (Å²) in [7, 11) is -3.04. The fourth-order valence-corrected chi connectivity index (χ4v) is 2.83. The first-order valence-electron chi connectivity index (χ1n) is 8.65. The van der Waals surface area contributed by atoms with Crippen LogP contribution in [-0.4, -0.2) is 48.5 Å². The number of rotatable bonds is 9. The van der Waals surface area contributed by atoms with Gasteiger partial charge in [-0.1, -0.05) is 6.07 Å². The molecule has 8 nitrogen and oxygen atoms in total. The van der Waals surface area contributed by atoms with Gasteiger partial charge in [-0.25, -0.2) is 13.2 Å². The lowest BCUT2D eigenvalue weighted by Crippen LogP contribution is -2.34. The molecule has 1 aromatic carbocycles. The van der Waals surface area contributed by atoms with Gasteiger partial charge in [0, 0.05) is 12.1 Å². The molecule has 1 saturated carbocycles. The lowest BCUT2D eigenvalue weighted by Gasteiger charge is -2.22. The Bertz CT molecular complexity index is 770. The van der Waals surface area contributed by atoms with Crippen molar-refractivity contribution in [1.29, 1.82) is 0 Å². The zero-order valence-corrected chi connectivity index (χ0v) is 16.5. The van der Waals surface area contributed by atoms with Crippen LogP contribution in [0.15, 0.2) is 18.2 Å². The van der Waals surface area contributed by atoms with Gasteiger partial charge in [-0.05, 0) is 51.7 Å². The van der Waals surface area contributed by atoms with E-state index in [9.17, 15) is 18.0 Å². The third-order valence-corrected chi connectivity index (χ3v) is 4.55. The van der Waals surface area contributed by atoms with Crippen molar-refractivity contribution in [3.63, 3.8) is 0 Å². The van der Waals surface area contributed by atoms with Gasteiger partial charge in [-0.3, -0.25) is 4.79 Å². The molecule has 0 unspecified atom stereocenters. The summed E-state index contributed by atoms with van der Waals surface area (Å²) in [4.78, 5) is 23.2. The summed E-state index contributed by atoms with van der Waals surface area (Å²) in [6.07, 6.45) is 2.12. The van der Waals surface area contributed by atoms with Crippen molar-refractivity contribution in [2.24, 2.45) is 5.92 Å². The number of esters is 1. The Balaban J connectivity index is 2.17. The Morgan fingerprint density at radius 1 is 1.26 bits per heavy atom. The summed E-state index contributed by atoms with van der Waals surface area (Å²) in [5.74, 6) is -1.00. The van der Waals surface area contributed by atoms with Gasteiger partial charge in [0.1, 0.15) is 17.9 Å². The highest BCUT2D eigenvalue weighted by molar-refractivity contribution is 7.69. The zero-order chi connectivity index (χ0) is 20.2. The molecule has 150 valence electrons. The largest absolute Gasteiger partial charge is 0.493 e. The molecule has 27 heavy (non-hydrogen) atoms. The molecule has 0 amide bonds. The molecule has 0 aromatic heterocycles. The second-order valence-corrected chi connectivity index (χ2v) is 8.57. The minimum absolute atomic E-state index is 0.0507. The third kappa shape index (κ3) is 7.18. The predicted molar refractivity (Wildman–Crippen MR) is 98.2 cm³/mol. The lowest BCUT2D eigenvalue weighted by atomic mass is 10.1. The van der Waals surface area contributed by atoms with E-state index in [1.807, 2.05) is 0 Å². The van der Waals surface area contributed by atoms with Gasteiger partial charge in [0.25, 0.3) is 0 Å². The summed E-state index contributed by atoms with van der Waals surface area (Å²) in [5.41, 5.74) is -0.183. The van der Waals surface area contributed by atoms with E-state index < -0.39 is 35.0 Å². The molecule has 0 saturated heterocycles. The minimum Gasteiger partial charge on any atom is -0.493 e. The van der Waals surface area contributed by atoms with Crippen molar-refractivity contribution in [3.8, 4) is 5.75 Å². The van der Waals surface area contributed by atoms with Gasteiger partial charge in [0.15, 0.2) is 0 Å². The quantitative estimate of drug-likeness (QED) is 0.481. The average molecular weight is 399 g/mol. The number of nitrogens with zero attached hydrogens (tertiary/aromatic N) is 1. The highest BCUT2D eigenvalue weighted by atomic mass is 32.2. The first-order valence-corrected chi connectivity index (χ1v) is 9.78. The van der Waals surface area contributed by atoms with Crippen LogP contribution in [0.1, 0.15) is 49.5 Å². The normalized spacial score (nSPS) is 14.4. The SMILES string of the molecule is CC(C)(C)OC(=O)CN(Cc1ccc(C(=O)O)cc1OCC1CC1)[SH](=O)=O. The van der Waals surface area contributed by atoms with E-state index in [1.54, 1.807) is 20.8 Å². The Kier molecular flexibility index (Phi) is 6.83. The molecule has 1 aliphatic rings. The van der Waals surface area contributed by atoms with Gasteiger partial charge in [0.05, 0.1) is 12.2 Å². The fourth-order valence-electron chi connectivity index (χ4n) is 2.34. The van der Waals surface area contributed by atoms with Crippen LogP contribution in [0.2, 0.25) is 0 Å². The van der Waals surface area contributed by atoms with Crippen LogP contribution in [0.4, 0.5) is 0 Å². The number of carboxylic acids is 1. The summed E-state index contributed by atoms with van der Waals surface area (Å²) in [5, 5.41) is 9.16. The summed E-state index contributed by atoms with van der Waals surface area (Å²) < 4.78 is 35.0. The number of carbonyl (C=O) groups excluding carboxylic acids is 1. The molecule has 1 aromatic rings. The minimum atomic E-state index is -3.04. The van der Waals surface area contributed by atoms with E-state index >= 15 is 0 Å². The molecule has 9 heteroatoms. The number of benzene rings is 1. The van der Waals surface area contributed by atoms with E-state index in [-0.39, 0.29) is 12.1 Å². The molecule has 0 radical (unpaired) electrons. The number of carbonyl (C=O) groups is 2. The van der Waals surface area contributed by atoms with Crippen molar-refractivity contribution in [1.82, 2.24) is 4.31 Å². The van der Waals surface area contributed by atoms with Gasteiger partial charge in [0.2, 0.25) is 10.9 Å². The number of hydrogen-bond acceptors (Lipinski definition) is 6. The van der Waals surface area contributed by atoms with Crippen LogP contribution >= 0.6 is 0 Å². The van der Waals surface area contributed by atoms with Crippen molar-refractivity contribution < 1.29 is 32.6 Å². The number of ether oxygens (including phenoxy) is 2. The molecular weight excluding hydrogens is 374 g/mol. The average Bonchev–Trinajstić information content (AvgIpc) is 3.35. The zero-order valence-electron chi connectivity index (χ0n) is 15.6. The van der Waals surface area contributed by atoms with E-state index in [2.05, 4.69) is 0 Å². The van der Waals surface area contributed by atoms with Gasteiger partial charge in [-0.2, -0.15) is 4.31 Å². The first kappa shape index (κ1) is 21.2. The maximum absolute atomic E-state index is 12.0. The maximum Gasteiger partial charge on any atom is 0.335 e. The van der Waals surface area contributed by atoms with Crippen LogP contribution in [0.5, 0.6) is 5.75 Å². The molecule has 1 fully saturated rings. The van der Waals surface area contributed by atoms with Crippen molar-refractivity contribution in [3.05, 3.63) is 29.3 Å². The predicted octanol–water partition coefficient (Wildman–Crippen LogP) is 1.84. The van der Waals surface area contributed by atoms with Crippen LogP contribution in [0.25, 0.3) is 0 Å². The maximum atomic E-state index is 12.0. The van der Waals surface area contributed by atoms with Crippen molar-refractivity contribution >= 4 is 22.8 Å². The molecule has 1 N–H and O–H groups in total. The Labute approximate surface area is 160 Å². The van der Waals surface area contributed by atoms with E-state index in [0.717, 1.165) is 17.1 Å². The second-order valence-electron chi connectivity index (χ2n) is 7.53. The summed E-state index contributed by atoms with van der Waals surface area (Å²) in [6, 6.07) is 4.27. The highest BCUT2D eigenvalue weighted by Crippen LogP contribution is 2.31. The van der Waals surface area contributed by atoms with Crippen LogP contribution in [0, 0.1) is 5.92 Å². The van der Waals surface area contributed by atoms with Crippen LogP contribution < -0.4 is 4.74 Å². The molecule has 0 aliphatic heterocycles. The Hall–Kier alpha value is -2.13. The number of aromatic carboxylic acids is 1. The molecule has 1 aliphatic carbocycles. The van der Waals surface area contributed by atoms with Gasteiger partial charge >= 0.3 is 11.9 Å². The number of thiol groups is 1. The summed E-state index contributed by atoms with van der Waals surface area (Å²) in [6.45, 7) is 4.99. The van der Waals surface area contributed by atoms with E-state index in [0.29, 0.717) is 23.8 Å². The molecule has 0 atom stereocenters. The monoisotopic (exact) mass is 399 g/mol. The fraction of sp³-hybridized carbons (Fsp3) is 0.556. The summed E-state index contributed by atoms with van der Waals surface area (Å²) >= 11 is 0. The standard InChI is InChI=1S/C18H25NO7S/c1-18(2,3)26-16(20)10-19(27(23)24)9-14-7-6-13(17(21)22)8-15(14)25-11-12-4-5-12/h6-8,12,27H,4-5,9-11H2,1-3H3,(H,21,22). The van der Waals surface area contributed by atoms with Crippen molar-refractivity contribution in [2.45, 2.75) is 45.8 Å². The molecule has 0 bridgehead atoms. The smallest absolute Gasteiger partial charge is 0.335 e. The molecule has 0 heterocycles. The van der Waals surface area contributed by atoms with Gasteiger partial charge in [-0.15, -0.1) is 0 Å². The second kappa shape index (κ2) is 8.71. The Morgan fingerprint density at radius 3 is 2.44 bits per heavy atom. The highest BCUT2D eigenvalue weighted by Gasteiger charge is 2.24. The molecule has 2 rings (SSSR count). The van der Waals surface area contributed by atoms with Crippen LogP contribution in [-0.2, 0) is 27.0 Å². The van der Waals surface area contributed by atoms with Crippen LogP contribution in [0.3, 0.4) is 0 Å². The molecular formula is C18H25NO7S. The van der Waals surface area contributed by atoms with E-state index in [1.165, 1.54) is 18.2 Å². The first-order chi connectivity index (χ1) is 12.5. The molecule has 0 spiro atoms. The number of hydrogen-bond donors (Lipinski definition) is 2. The third-order valence-electron chi connectivity index (χ3n) is 3.80. The van der Waals surface area contributed by atoms with Gasteiger partial charge < -0.3 is 14.6 Å². The number of carboxylic acid groups (broad SMARTS) is 1. The van der Waals surface area contributed by atoms with Crippen molar-refractivity contribution in [2.75, 3.05) is 13.2 Å². The lowest BCUT2D eigenvalue weighted by molar-refractivity contribution is -0.155.